The molecular weight excluding hydrogens is 639 g/mol. The molecule has 4 aromatic rings. The number of carbonyl (C=O) groups is 1. The average molecular weight is 670 g/mol. The molecular formula is C33H31ClF3N5O5. The fraction of sp³-hybridized carbons (Fsp3) is 0.424. The molecule has 246 valence electrons. The van der Waals surface area contributed by atoms with E-state index >= 15 is 4.39 Å². The Hall–Kier alpha value is -4.07. The number of piperazine rings is 1. The second-order valence-electron chi connectivity index (χ2n) is 12.6. The van der Waals surface area contributed by atoms with Gasteiger partial charge in [-0.05, 0) is 49.2 Å². The van der Waals surface area contributed by atoms with Gasteiger partial charge in [-0.3, -0.25) is 9.88 Å². The Labute approximate surface area is 272 Å². The van der Waals surface area contributed by atoms with Crippen LogP contribution in [0.4, 0.5) is 18.9 Å². The fourth-order valence-electron chi connectivity index (χ4n) is 6.97. The number of imidazole rings is 1. The summed E-state index contributed by atoms with van der Waals surface area (Å²) in [5.41, 5.74) is 1.65. The predicted molar refractivity (Wildman–Crippen MR) is 165 cm³/mol. The Morgan fingerprint density at radius 2 is 1.96 bits per heavy atom. The Balaban J connectivity index is 1.04. The lowest BCUT2D eigenvalue weighted by atomic mass is 9.81. The molecule has 1 unspecified atom stereocenters. The summed E-state index contributed by atoms with van der Waals surface area (Å²) in [5.74, 6) is -4.16. The van der Waals surface area contributed by atoms with E-state index in [4.69, 9.17) is 25.8 Å². The van der Waals surface area contributed by atoms with Crippen molar-refractivity contribution >= 4 is 34.3 Å². The molecule has 2 saturated carbocycles. The van der Waals surface area contributed by atoms with E-state index in [0.29, 0.717) is 53.2 Å². The highest BCUT2D eigenvalue weighted by molar-refractivity contribution is 6.30. The van der Waals surface area contributed by atoms with Crippen molar-refractivity contribution in [3.63, 3.8) is 0 Å². The number of carboxylic acids is 1. The first kappa shape index (κ1) is 30.3. The molecule has 2 aliphatic heterocycles. The van der Waals surface area contributed by atoms with Crippen LogP contribution in [-0.4, -0.2) is 74.3 Å². The van der Waals surface area contributed by atoms with Crippen molar-refractivity contribution in [1.29, 1.82) is 0 Å². The van der Waals surface area contributed by atoms with Gasteiger partial charge in [0.15, 0.2) is 17.3 Å². The number of ether oxygens (including phenoxy) is 3. The molecule has 14 heteroatoms. The molecule has 0 radical (unpaired) electrons. The third kappa shape index (κ3) is 5.24. The zero-order valence-corrected chi connectivity index (χ0v) is 26.1. The van der Waals surface area contributed by atoms with Crippen molar-refractivity contribution in [2.75, 3.05) is 24.6 Å². The topological polar surface area (TPSA) is 102 Å². The highest BCUT2D eigenvalue weighted by Gasteiger charge is 2.58. The number of hydrogen-bond acceptors (Lipinski definition) is 8. The lowest BCUT2D eigenvalue weighted by Crippen LogP contribution is -2.64. The number of benzene rings is 2. The SMILES string of the molecule is C[C@]1(c2ccc(Cl)cn2)Oc2cccc(N3CCN(Cc4nc5c(F)cc(C(=O)O)cc5n4CCOC4CC4(F)F)[C@@H]4CC[C@H]43)c2O1. The van der Waals surface area contributed by atoms with E-state index in [2.05, 4.69) is 19.8 Å². The van der Waals surface area contributed by atoms with Gasteiger partial charge in [-0.2, -0.15) is 0 Å². The Kier molecular flexibility index (Phi) is 7.08. The van der Waals surface area contributed by atoms with Gasteiger partial charge in [0.2, 0.25) is 0 Å². The summed E-state index contributed by atoms with van der Waals surface area (Å²) < 4.78 is 61.8. The maximum Gasteiger partial charge on any atom is 0.335 e. The van der Waals surface area contributed by atoms with Crippen molar-refractivity contribution in [2.24, 2.45) is 0 Å². The maximum atomic E-state index is 15.1. The van der Waals surface area contributed by atoms with Crippen molar-refractivity contribution in [3.8, 4) is 11.5 Å². The van der Waals surface area contributed by atoms with E-state index in [1.165, 1.54) is 6.07 Å². The van der Waals surface area contributed by atoms with Gasteiger partial charge in [0.25, 0.3) is 11.7 Å². The number of halogens is 4. The summed E-state index contributed by atoms with van der Waals surface area (Å²) in [7, 11) is 0. The highest BCUT2D eigenvalue weighted by atomic mass is 35.5. The second-order valence-corrected chi connectivity index (χ2v) is 13.1. The summed E-state index contributed by atoms with van der Waals surface area (Å²) in [5, 5.41) is 10.1. The van der Waals surface area contributed by atoms with Gasteiger partial charge in [0.05, 0.1) is 34.9 Å². The maximum absolute atomic E-state index is 15.1. The summed E-state index contributed by atoms with van der Waals surface area (Å²) in [6, 6.07) is 12.0. The molecule has 4 heterocycles. The van der Waals surface area contributed by atoms with Gasteiger partial charge in [-0.1, -0.05) is 17.7 Å². The number of aromatic nitrogens is 3. The molecule has 0 amide bonds. The third-order valence-corrected chi connectivity index (χ3v) is 9.87. The number of anilines is 1. The smallest absolute Gasteiger partial charge is 0.335 e. The second kappa shape index (κ2) is 11.0. The molecule has 1 N–H and O–H groups in total. The Morgan fingerprint density at radius 1 is 1.15 bits per heavy atom. The first-order valence-electron chi connectivity index (χ1n) is 15.6. The van der Waals surface area contributed by atoms with Crippen LogP contribution in [0.2, 0.25) is 5.02 Å². The van der Waals surface area contributed by atoms with Gasteiger partial charge < -0.3 is 28.8 Å². The molecule has 4 aliphatic rings. The standard InChI is InChI=1S/C33H31ClF3N5O5/c1-32(26-8-5-19(34)16-38-26)46-25-4-2-3-23(30(25)47-32)41-10-9-40(21-6-7-22(21)41)17-28-39-29-20(35)13-18(31(43)44)14-24(29)42(28)11-12-45-27-15-33(27,36)37/h2-5,8,13-14,16,21-22,27H,6-7,9-12,15,17H2,1H3,(H,43,44)/t21-,22-,27?,32+/m1/s1. The number of fused-ring (bicyclic) bond motifs is 3. The van der Waals surface area contributed by atoms with Crippen molar-refractivity contribution in [2.45, 2.75) is 69.2 Å². The number of hydrogen-bond donors (Lipinski definition) is 1. The minimum absolute atomic E-state index is 0.0386. The number of para-hydroxylation sites is 1. The molecule has 10 nitrogen and oxygen atoms in total. The van der Waals surface area contributed by atoms with Gasteiger partial charge >= 0.3 is 5.97 Å². The van der Waals surface area contributed by atoms with Crippen LogP contribution >= 0.6 is 11.6 Å². The van der Waals surface area contributed by atoms with Crippen molar-refractivity contribution < 1.29 is 37.3 Å². The number of carboxylic acid groups (broad SMARTS) is 1. The van der Waals surface area contributed by atoms with Crippen LogP contribution in [0, 0.1) is 5.82 Å². The van der Waals surface area contributed by atoms with Crippen LogP contribution in [-0.2, 0) is 23.6 Å². The lowest BCUT2D eigenvalue weighted by molar-refractivity contribution is -0.0717. The van der Waals surface area contributed by atoms with Gasteiger partial charge in [-0.15, -0.1) is 0 Å². The first-order valence-corrected chi connectivity index (χ1v) is 15.9. The Bertz CT molecular complexity index is 1890. The van der Waals surface area contributed by atoms with Crippen LogP contribution in [0.15, 0.2) is 48.7 Å². The molecule has 0 spiro atoms. The van der Waals surface area contributed by atoms with Crippen LogP contribution in [0.5, 0.6) is 11.5 Å². The van der Waals surface area contributed by atoms with E-state index in [1.807, 2.05) is 25.1 Å². The predicted octanol–water partition coefficient (Wildman–Crippen LogP) is 5.84. The third-order valence-electron chi connectivity index (χ3n) is 9.64. The molecule has 3 fully saturated rings. The minimum Gasteiger partial charge on any atom is -0.478 e. The highest BCUT2D eigenvalue weighted by Crippen LogP contribution is 2.51. The van der Waals surface area contributed by atoms with Crippen LogP contribution in [0.1, 0.15) is 48.1 Å². The number of pyridine rings is 1. The van der Waals surface area contributed by atoms with Crippen LogP contribution in [0.3, 0.4) is 0 Å². The van der Waals surface area contributed by atoms with Gasteiger partial charge in [-0.25, -0.2) is 22.9 Å². The molecule has 47 heavy (non-hydrogen) atoms. The van der Waals surface area contributed by atoms with E-state index in [1.54, 1.807) is 22.9 Å². The Morgan fingerprint density at radius 3 is 2.66 bits per heavy atom. The lowest BCUT2D eigenvalue weighted by Gasteiger charge is -2.54. The average Bonchev–Trinajstić information content (AvgIpc) is 3.28. The number of nitrogens with zero attached hydrogens (tertiary/aromatic N) is 5. The monoisotopic (exact) mass is 669 g/mol. The minimum atomic E-state index is -2.83. The van der Waals surface area contributed by atoms with Gasteiger partial charge in [0.1, 0.15) is 23.1 Å². The largest absolute Gasteiger partial charge is 0.478 e. The number of alkyl halides is 2. The summed E-state index contributed by atoms with van der Waals surface area (Å²) in [4.78, 5) is 25.4. The van der Waals surface area contributed by atoms with E-state index < -0.39 is 29.6 Å². The first-order chi connectivity index (χ1) is 22.5. The summed E-state index contributed by atoms with van der Waals surface area (Å²) >= 11 is 6.05. The molecule has 2 aliphatic carbocycles. The molecule has 8 rings (SSSR count). The molecule has 2 aromatic carbocycles. The number of rotatable bonds is 9. The van der Waals surface area contributed by atoms with Crippen molar-refractivity contribution in [3.05, 3.63) is 76.6 Å². The zero-order valence-electron chi connectivity index (χ0n) is 25.3. The molecule has 0 bridgehead atoms. The normalized spacial score (nSPS) is 25.9. The quantitative estimate of drug-likeness (QED) is 0.235. The molecule has 2 aromatic heterocycles. The van der Waals surface area contributed by atoms with Crippen LogP contribution < -0.4 is 14.4 Å². The summed E-state index contributed by atoms with van der Waals surface area (Å²) in [6.07, 6.45) is 2.00. The molecule has 1 saturated heterocycles. The fourth-order valence-corrected chi connectivity index (χ4v) is 7.08. The number of aromatic carboxylic acids is 1. The summed E-state index contributed by atoms with van der Waals surface area (Å²) in [6.45, 7) is 3.63. The van der Waals surface area contributed by atoms with E-state index in [0.717, 1.165) is 24.6 Å². The zero-order chi connectivity index (χ0) is 32.7. The van der Waals surface area contributed by atoms with Crippen LogP contribution in [0.25, 0.3) is 11.0 Å². The molecule has 4 atom stereocenters. The van der Waals surface area contributed by atoms with E-state index in [-0.39, 0.29) is 42.7 Å². The van der Waals surface area contributed by atoms with E-state index in [9.17, 15) is 18.7 Å². The van der Waals surface area contributed by atoms with Crippen molar-refractivity contribution in [1.82, 2.24) is 19.4 Å². The van der Waals surface area contributed by atoms with Gasteiger partial charge in [0, 0.05) is 51.3 Å².